The van der Waals surface area contributed by atoms with Crippen LogP contribution in [0.2, 0.25) is 0 Å². The molecule has 0 aromatic heterocycles. The van der Waals surface area contributed by atoms with Crippen LogP contribution in [0.3, 0.4) is 0 Å². The predicted molar refractivity (Wildman–Crippen MR) is 41.8 cm³/mol. The van der Waals surface area contributed by atoms with Gasteiger partial charge < -0.3 is 0 Å². The monoisotopic (exact) mass is 172 g/mol. The van der Waals surface area contributed by atoms with Gasteiger partial charge in [0.1, 0.15) is 0 Å². The van der Waals surface area contributed by atoms with E-state index >= 15 is 0 Å². The number of hydrogen-bond acceptors (Lipinski definition) is 4. The maximum atomic E-state index is 10.5. The van der Waals surface area contributed by atoms with Gasteiger partial charge in [-0.2, -0.15) is 10.2 Å². The predicted octanol–water partition coefficient (Wildman–Crippen LogP) is 1.28. The van der Waals surface area contributed by atoms with E-state index in [0.29, 0.717) is 0 Å². The molecule has 0 saturated heterocycles. The topological polar surface area (TPSA) is 71.1 Å². The van der Waals surface area contributed by atoms with Gasteiger partial charge in [0, 0.05) is 5.41 Å². The van der Waals surface area contributed by atoms with Crippen LogP contribution in [0, 0.1) is 15.5 Å². The van der Waals surface area contributed by atoms with Crippen LogP contribution in [0.15, 0.2) is 10.2 Å². The van der Waals surface area contributed by atoms with E-state index in [1.165, 1.54) is 0 Å². The lowest BCUT2D eigenvalue weighted by molar-refractivity contribution is -0.663. The average Bonchev–Trinajstić information content (AvgIpc) is 2.30. The van der Waals surface area contributed by atoms with Crippen LogP contribution >= 0.6 is 0 Å². The fraction of sp³-hybridized carbons (Fsp3) is 1.00. The van der Waals surface area contributed by atoms with Crippen molar-refractivity contribution >= 4 is 0 Å². The van der Waals surface area contributed by atoms with Crippen LogP contribution in [0.5, 0.6) is 0 Å². The van der Waals surface area contributed by atoms with Crippen molar-refractivity contribution in [2.75, 3.05) is 6.67 Å². The van der Waals surface area contributed by atoms with Crippen molar-refractivity contribution in [1.82, 2.24) is 5.01 Å². The van der Waals surface area contributed by atoms with Gasteiger partial charge in [-0.05, 0) is 0 Å². The molecule has 0 fully saturated rings. The van der Waals surface area contributed by atoms with Gasteiger partial charge in [-0.1, -0.05) is 25.8 Å². The Hall–Kier alpha value is -1.20. The number of rotatable bonds is 1. The van der Waals surface area contributed by atoms with Crippen molar-refractivity contribution < 1.29 is 5.03 Å². The summed E-state index contributed by atoms with van der Waals surface area (Å²) in [5, 5.41) is 18.5. The second kappa shape index (κ2) is 2.69. The minimum Gasteiger partial charge on any atom is -0.235 e. The number of nitro groups is 1. The standard InChI is InChI=1S/C6H12N4O2/c1-6(2,3)5-8-7-4-9(5)10(11)12/h5H,4H2,1-3H3. The van der Waals surface area contributed by atoms with Crippen molar-refractivity contribution in [2.24, 2.45) is 15.6 Å². The fourth-order valence-electron chi connectivity index (χ4n) is 1.08. The first kappa shape index (κ1) is 8.89. The molecular weight excluding hydrogens is 160 g/mol. The van der Waals surface area contributed by atoms with Gasteiger partial charge in [-0.25, -0.2) is 10.1 Å². The Morgan fingerprint density at radius 3 is 2.50 bits per heavy atom. The lowest BCUT2D eigenvalue weighted by Crippen LogP contribution is -2.42. The first-order valence-corrected chi connectivity index (χ1v) is 3.70. The molecular formula is C6H12N4O2. The van der Waals surface area contributed by atoms with Crippen LogP contribution < -0.4 is 0 Å². The minimum absolute atomic E-state index is 0.0644. The molecule has 68 valence electrons. The summed E-state index contributed by atoms with van der Waals surface area (Å²) < 4.78 is 0. The molecule has 0 bridgehead atoms. The maximum absolute atomic E-state index is 10.5. The third-order valence-corrected chi connectivity index (χ3v) is 1.67. The Morgan fingerprint density at radius 1 is 1.58 bits per heavy atom. The maximum Gasteiger partial charge on any atom is 0.206 e. The molecule has 0 saturated carbocycles. The largest absolute Gasteiger partial charge is 0.235 e. The van der Waals surface area contributed by atoms with Gasteiger partial charge in [0.05, 0.1) is 0 Å². The molecule has 12 heavy (non-hydrogen) atoms. The molecule has 1 aliphatic rings. The summed E-state index contributed by atoms with van der Waals surface area (Å²) in [4.78, 5) is 10.5. The van der Waals surface area contributed by atoms with E-state index in [1.807, 2.05) is 20.8 Å². The quantitative estimate of drug-likeness (QED) is 0.441. The smallest absolute Gasteiger partial charge is 0.206 e. The molecule has 1 aliphatic heterocycles. The average molecular weight is 172 g/mol. The van der Waals surface area contributed by atoms with E-state index in [1.54, 1.807) is 0 Å². The highest BCUT2D eigenvalue weighted by Crippen LogP contribution is 2.28. The first-order valence-electron chi connectivity index (χ1n) is 3.70. The summed E-state index contributed by atoms with van der Waals surface area (Å²) in [7, 11) is 0. The molecule has 0 aromatic carbocycles. The lowest BCUT2D eigenvalue weighted by atomic mass is 9.93. The molecule has 0 amide bonds. The van der Waals surface area contributed by atoms with E-state index in [4.69, 9.17) is 0 Å². The Balaban J connectivity index is 2.76. The summed E-state index contributed by atoms with van der Waals surface area (Å²) >= 11 is 0. The molecule has 1 heterocycles. The number of azo groups is 1. The van der Waals surface area contributed by atoms with Crippen molar-refractivity contribution in [3.8, 4) is 0 Å². The molecule has 0 N–H and O–H groups in total. The number of nitrogens with zero attached hydrogens (tertiary/aromatic N) is 4. The Morgan fingerprint density at radius 2 is 2.17 bits per heavy atom. The molecule has 6 heteroatoms. The second-order valence-electron chi connectivity index (χ2n) is 3.82. The molecule has 0 aliphatic carbocycles. The van der Waals surface area contributed by atoms with Gasteiger partial charge in [0.2, 0.25) is 6.17 Å². The van der Waals surface area contributed by atoms with E-state index in [2.05, 4.69) is 10.2 Å². The Bertz CT molecular complexity index is 220. The summed E-state index contributed by atoms with van der Waals surface area (Å²) in [6.45, 7) is 5.77. The van der Waals surface area contributed by atoms with Crippen molar-refractivity contribution in [3.63, 3.8) is 0 Å². The lowest BCUT2D eigenvalue weighted by Gasteiger charge is -2.25. The zero-order chi connectivity index (χ0) is 9.35. The molecule has 0 spiro atoms. The van der Waals surface area contributed by atoms with E-state index in [-0.39, 0.29) is 12.1 Å². The van der Waals surface area contributed by atoms with Crippen LogP contribution in [0.4, 0.5) is 0 Å². The minimum atomic E-state index is -0.448. The highest BCUT2D eigenvalue weighted by Gasteiger charge is 2.39. The Labute approximate surface area is 70.4 Å². The van der Waals surface area contributed by atoms with Crippen LogP contribution in [-0.4, -0.2) is 22.9 Å². The van der Waals surface area contributed by atoms with Crippen molar-refractivity contribution in [3.05, 3.63) is 10.1 Å². The van der Waals surface area contributed by atoms with Crippen LogP contribution in [-0.2, 0) is 0 Å². The SMILES string of the molecule is CC(C)(C)C1N=NCN1[N+](=O)[O-]. The summed E-state index contributed by atoms with van der Waals surface area (Å²) in [5.74, 6) is 0. The molecule has 0 aromatic rings. The van der Waals surface area contributed by atoms with Crippen LogP contribution in [0.25, 0.3) is 0 Å². The summed E-state index contributed by atoms with van der Waals surface area (Å²) in [6, 6.07) is 0. The Kier molecular flexibility index (Phi) is 1.99. The first-order chi connectivity index (χ1) is 5.43. The molecule has 1 rings (SSSR count). The molecule has 6 nitrogen and oxygen atoms in total. The van der Waals surface area contributed by atoms with E-state index in [9.17, 15) is 10.1 Å². The highest BCUT2D eigenvalue weighted by molar-refractivity contribution is 4.78. The highest BCUT2D eigenvalue weighted by atomic mass is 16.7. The number of hydrazine groups is 1. The molecule has 1 atom stereocenters. The van der Waals surface area contributed by atoms with Gasteiger partial charge in [-0.15, -0.1) is 0 Å². The van der Waals surface area contributed by atoms with E-state index < -0.39 is 11.2 Å². The third-order valence-electron chi connectivity index (χ3n) is 1.67. The zero-order valence-corrected chi connectivity index (χ0v) is 7.39. The summed E-state index contributed by atoms with van der Waals surface area (Å²) in [6.07, 6.45) is -0.438. The fourth-order valence-corrected chi connectivity index (χ4v) is 1.08. The van der Waals surface area contributed by atoms with Gasteiger partial charge >= 0.3 is 0 Å². The van der Waals surface area contributed by atoms with Crippen molar-refractivity contribution in [2.45, 2.75) is 26.9 Å². The number of hydrogen-bond donors (Lipinski definition) is 0. The van der Waals surface area contributed by atoms with E-state index in [0.717, 1.165) is 5.01 Å². The van der Waals surface area contributed by atoms with Crippen molar-refractivity contribution in [1.29, 1.82) is 0 Å². The third kappa shape index (κ3) is 1.51. The van der Waals surface area contributed by atoms with Gasteiger partial charge in [-0.3, -0.25) is 0 Å². The van der Waals surface area contributed by atoms with Gasteiger partial charge in [0.15, 0.2) is 11.7 Å². The zero-order valence-electron chi connectivity index (χ0n) is 7.39. The second-order valence-corrected chi connectivity index (χ2v) is 3.82. The normalized spacial score (nSPS) is 23.2. The van der Waals surface area contributed by atoms with Crippen LogP contribution in [0.1, 0.15) is 20.8 Å². The molecule has 0 radical (unpaired) electrons. The molecule has 1 unspecified atom stereocenters. The summed E-state index contributed by atoms with van der Waals surface area (Å²) in [5.41, 5.74) is -0.243. The van der Waals surface area contributed by atoms with Gasteiger partial charge in [0.25, 0.3) is 0 Å².